The molecule has 0 saturated carbocycles. The number of piperidine rings is 1. The molecule has 1 aromatic carbocycles. The van der Waals surface area contributed by atoms with Gasteiger partial charge in [0, 0.05) is 30.0 Å². The number of amides is 1. The summed E-state index contributed by atoms with van der Waals surface area (Å²) < 4.78 is 11.1. The molecule has 0 radical (unpaired) electrons. The Morgan fingerprint density at radius 3 is 2.60 bits per heavy atom. The predicted octanol–water partition coefficient (Wildman–Crippen LogP) is 4.38. The zero-order valence-electron chi connectivity index (χ0n) is 16.2. The molecule has 2 aliphatic rings. The fourth-order valence-corrected chi connectivity index (χ4v) is 5.43. The number of rotatable bonds is 4. The third-order valence-corrected chi connectivity index (χ3v) is 7.32. The molecule has 30 heavy (non-hydrogen) atoms. The number of benzene rings is 1. The summed E-state index contributed by atoms with van der Waals surface area (Å²) in [5.74, 6) is 1.27. The van der Waals surface area contributed by atoms with Crippen LogP contribution in [0.2, 0.25) is 0 Å². The number of thiophene rings is 1. The Morgan fingerprint density at radius 2 is 1.83 bits per heavy atom. The van der Waals surface area contributed by atoms with Crippen molar-refractivity contribution in [2.24, 2.45) is 5.92 Å². The Balaban J connectivity index is 1.22. The van der Waals surface area contributed by atoms with Crippen LogP contribution in [-0.2, 0) is 0 Å². The first-order chi connectivity index (χ1) is 14.7. The van der Waals surface area contributed by atoms with Gasteiger partial charge < -0.3 is 14.4 Å². The quantitative estimate of drug-likeness (QED) is 0.563. The molecular formula is C22H20N2O4S2. The summed E-state index contributed by atoms with van der Waals surface area (Å²) >= 11 is 3.10. The molecular weight excluding hydrogens is 420 g/mol. The zero-order valence-corrected chi connectivity index (χ0v) is 17.8. The monoisotopic (exact) mass is 440 g/mol. The molecule has 0 spiro atoms. The first-order valence-electron chi connectivity index (χ1n) is 9.91. The lowest BCUT2D eigenvalue weighted by molar-refractivity contribution is 0.0646. The molecule has 0 bridgehead atoms. The number of Topliss-reactive ketones (excluding diaryl/α,β-unsaturated/α-hetero) is 1. The molecule has 3 aromatic rings. The lowest BCUT2D eigenvalue weighted by Crippen LogP contribution is -2.40. The van der Waals surface area contributed by atoms with Crippen molar-refractivity contribution in [2.45, 2.75) is 12.8 Å². The van der Waals surface area contributed by atoms with Crippen molar-refractivity contribution in [3.05, 3.63) is 52.3 Å². The number of nitrogens with zero attached hydrogens (tertiary/aromatic N) is 2. The van der Waals surface area contributed by atoms with Gasteiger partial charge in [-0.05, 0) is 42.5 Å². The SMILES string of the molecule is O=C(c1ccc2c(c1)OCCO2)C1CCN(C(=O)c2csc(-c3cccs3)n2)CC1. The highest BCUT2D eigenvalue weighted by Crippen LogP contribution is 2.33. The smallest absolute Gasteiger partial charge is 0.273 e. The Morgan fingerprint density at radius 1 is 1.03 bits per heavy atom. The summed E-state index contributed by atoms with van der Waals surface area (Å²) in [6, 6.07) is 9.36. The van der Waals surface area contributed by atoms with Gasteiger partial charge in [-0.2, -0.15) is 0 Å². The van der Waals surface area contributed by atoms with Gasteiger partial charge in [-0.1, -0.05) is 6.07 Å². The Hall–Kier alpha value is -2.71. The largest absolute Gasteiger partial charge is 0.486 e. The van der Waals surface area contributed by atoms with Crippen molar-refractivity contribution in [2.75, 3.05) is 26.3 Å². The van der Waals surface area contributed by atoms with E-state index in [1.54, 1.807) is 34.4 Å². The highest BCUT2D eigenvalue weighted by atomic mass is 32.1. The van der Waals surface area contributed by atoms with Gasteiger partial charge >= 0.3 is 0 Å². The van der Waals surface area contributed by atoms with Crippen LogP contribution in [0.4, 0.5) is 0 Å². The molecule has 2 aromatic heterocycles. The van der Waals surface area contributed by atoms with Crippen molar-refractivity contribution < 1.29 is 19.1 Å². The molecule has 1 saturated heterocycles. The summed E-state index contributed by atoms with van der Waals surface area (Å²) in [5.41, 5.74) is 1.13. The summed E-state index contributed by atoms with van der Waals surface area (Å²) in [4.78, 5) is 33.2. The average molecular weight is 441 g/mol. The molecule has 0 atom stereocenters. The number of hydrogen-bond donors (Lipinski definition) is 0. The lowest BCUT2D eigenvalue weighted by Gasteiger charge is -2.31. The third-order valence-electron chi connectivity index (χ3n) is 5.43. The van der Waals surface area contributed by atoms with Gasteiger partial charge in [0.05, 0.1) is 4.88 Å². The highest BCUT2D eigenvalue weighted by molar-refractivity contribution is 7.20. The van der Waals surface area contributed by atoms with Crippen molar-refractivity contribution >= 4 is 34.4 Å². The minimum atomic E-state index is -0.0891. The summed E-state index contributed by atoms with van der Waals surface area (Å²) in [7, 11) is 0. The fourth-order valence-electron chi connectivity index (χ4n) is 3.82. The van der Waals surface area contributed by atoms with Crippen molar-refractivity contribution in [3.63, 3.8) is 0 Å². The molecule has 4 heterocycles. The van der Waals surface area contributed by atoms with Crippen LogP contribution in [0.25, 0.3) is 9.88 Å². The molecule has 0 N–H and O–H groups in total. The van der Waals surface area contributed by atoms with E-state index in [-0.39, 0.29) is 17.6 Å². The number of aromatic nitrogens is 1. The van der Waals surface area contributed by atoms with Gasteiger partial charge in [0.2, 0.25) is 0 Å². The molecule has 1 fully saturated rings. The highest BCUT2D eigenvalue weighted by Gasteiger charge is 2.30. The van der Waals surface area contributed by atoms with E-state index in [0.717, 1.165) is 9.88 Å². The van der Waals surface area contributed by atoms with E-state index in [1.165, 1.54) is 11.3 Å². The number of thiazole rings is 1. The molecule has 6 nitrogen and oxygen atoms in total. The Bertz CT molecular complexity index is 1070. The zero-order chi connectivity index (χ0) is 20.5. The van der Waals surface area contributed by atoms with Crippen LogP contribution in [0.1, 0.15) is 33.7 Å². The van der Waals surface area contributed by atoms with Crippen LogP contribution in [0.15, 0.2) is 41.1 Å². The number of fused-ring (bicyclic) bond motifs is 1. The first kappa shape index (κ1) is 19.3. The van der Waals surface area contributed by atoms with Gasteiger partial charge in [-0.3, -0.25) is 9.59 Å². The molecule has 5 rings (SSSR count). The molecule has 1 amide bonds. The van der Waals surface area contributed by atoms with Gasteiger partial charge in [-0.15, -0.1) is 22.7 Å². The third kappa shape index (κ3) is 3.73. The van der Waals surface area contributed by atoms with Gasteiger partial charge in [0.15, 0.2) is 17.3 Å². The maximum Gasteiger partial charge on any atom is 0.273 e. The summed E-state index contributed by atoms with van der Waals surface area (Å²) in [5, 5.41) is 4.70. The molecule has 8 heteroatoms. The fraction of sp³-hybridized carbons (Fsp3) is 0.318. The number of ketones is 1. The van der Waals surface area contributed by atoms with Crippen LogP contribution >= 0.6 is 22.7 Å². The topological polar surface area (TPSA) is 68.7 Å². The van der Waals surface area contributed by atoms with Crippen molar-refractivity contribution in [1.29, 1.82) is 0 Å². The molecule has 0 unspecified atom stereocenters. The average Bonchev–Trinajstić information content (AvgIpc) is 3.50. The van der Waals surface area contributed by atoms with Crippen LogP contribution < -0.4 is 9.47 Å². The van der Waals surface area contributed by atoms with Crippen LogP contribution in [0.5, 0.6) is 11.5 Å². The van der Waals surface area contributed by atoms with Gasteiger partial charge in [0.25, 0.3) is 5.91 Å². The maximum atomic E-state index is 13.0. The normalized spacial score (nSPS) is 16.5. The van der Waals surface area contributed by atoms with Gasteiger partial charge in [0.1, 0.15) is 23.9 Å². The van der Waals surface area contributed by atoms with Crippen molar-refractivity contribution in [1.82, 2.24) is 9.88 Å². The second-order valence-corrected chi connectivity index (χ2v) is 9.11. The number of likely N-dealkylation sites (tertiary alicyclic amines) is 1. The Labute approximate surface area is 182 Å². The standard InChI is InChI=1S/C22H20N2O4S2/c25-20(15-3-4-17-18(12-15)28-10-9-27-17)14-5-7-24(8-6-14)22(26)16-13-30-21(23-16)19-2-1-11-29-19/h1-4,11-14H,5-10H2. The van der Waals surface area contributed by atoms with E-state index >= 15 is 0 Å². The van der Waals surface area contributed by atoms with Crippen LogP contribution in [-0.4, -0.2) is 47.9 Å². The first-order valence-corrected chi connectivity index (χ1v) is 11.7. The van der Waals surface area contributed by atoms with E-state index in [4.69, 9.17) is 9.47 Å². The van der Waals surface area contributed by atoms with E-state index in [9.17, 15) is 9.59 Å². The van der Waals surface area contributed by atoms with Crippen molar-refractivity contribution in [3.8, 4) is 21.4 Å². The summed E-state index contributed by atoms with van der Waals surface area (Å²) in [6.07, 6.45) is 1.31. The minimum absolute atomic E-state index is 0.0562. The van der Waals surface area contributed by atoms with E-state index in [2.05, 4.69) is 4.98 Å². The number of hydrogen-bond acceptors (Lipinski definition) is 7. The number of carbonyl (C=O) groups is 2. The lowest BCUT2D eigenvalue weighted by atomic mass is 9.88. The second-order valence-electron chi connectivity index (χ2n) is 7.30. The second kappa shape index (κ2) is 8.20. The van der Waals surface area contributed by atoms with Crippen LogP contribution in [0, 0.1) is 5.92 Å². The van der Waals surface area contributed by atoms with Crippen LogP contribution in [0.3, 0.4) is 0 Å². The minimum Gasteiger partial charge on any atom is -0.486 e. The summed E-state index contributed by atoms with van der Waals surface area (Å²) in [6.45, 7) is 2.15. The molecule has 0 aliphatic carbocycles. The van der Waals surface area contributed by atoms with E-state index in [0.29, 0.717) is 61.9 Å². The van der Waals surface area contributed by atoms with E-state index < -0.39 is 0 Å². The van der Waals surface area contributed by atoms with E-state index in [1.807, 2.05) is 22.9 Å². The number of ether oxygens (including phenoxy) is 2. The molecule has 154 valence electrons. The van der Waals surface area contributed by atoms with Gasteiger partial charge in [-0.25, -0.2) is 4.98 Å². The maximum absolute atomic E-state index is 13.0. The predicted molar refractivity (Wildman–Crippen MR) is 116 cm³/mol. The molecule has 2 aliphatic heterocycles. The number of carbonyl (C=O) groups excluding carboxylic acids is 2. The Kier molecular flexibility index (Phi) is 5.26.